The van der Waals surface area contributed by atoms with E-state index >= 15 is 0 Å². The maximum Gasteiger partial charge on any atom is 0.304 e. The summed E-state index contributed by atoms with van der Waals surface area (Å²) in [5.74, 6) is -0.369. The SMILES string of the molecule is CC1(C)Oc2cc(C3(CC(=O)O)CC3)cc(Cl)c2O1. The summed E-state index contributed by atoms with van der Waals surface area (Å²) in [6.45, 7) is 3.63. The summed E-state index contributed by atoms with van der Waals surface area (Å²) in [5.41, 5.74) is 0.653. The summed E-state index contributed by atoms with van der Waals surface area (Å²) >= 11 is 6.22. The van der Waals surface area contributed by atoms with Crippen molar-refractivity contribution >= 4 is 17.6 Å². The van der Waals surface area contributed by atoms with Gasteiger partial charge in [-0.1, -0.05) is 11.6 Å². The van der Waals surface area contributed by atoms with E-state index in [1.165, 1.54) is 0 Å². The topological polar surface area (TPSA) is 55.8 Å². The first-order valence-electron chi connectivity index (χ1n) is 6.25. The Labute approximate surface area is 116 Å². The van der Waals surface area contributed by atoms with Crippen LogP contribution in [0.15, 0.2) is 12.1 Å². The lowest BCUT2D eigenvalue weighted by atomic mass is 9.92. The van der Waals surface area contributed by atoms with Crippen molar-refractivity contribution in [1.29, 1.82) is 0 Å². The van der Waals surface area contributed by atoms with Crippen LogP contribution in [0.3, 0.4) is 0 Å². The third-order valence-electron chi connectivity index (χ3n) is 3.67. The fourth-order valence-corrected chi connectivity index (χ4v) is 2.84. The summed E-state index contributed by atoms with van der Waals surface area (Å²) in [6.07, 6.45) is 1.88. The second-order valence-electron chi connectivity index (χ2n) is 5.74. The van der Waals surface area contributed by atoms with Crippen LogP contribution in [0.25, 0.3) is 0 Å². The van der Waals surface area contributed by atoms with Gasteiger partial charge in [-0.05, 0) is 30.5 Å². The highest BCUT2D eigenvalue weighted by Crippen LogP contribution is 2.55. The molecule has 1 aromatic rings. The zero-order chi connectivity index (χ0) is 13.8. The van der Waals surface area contributed by atoms with Gasteiger partial charge in [-0.15, -0.1) is 0 Å². The molecular formula is C14H15ClO4. The molecule has 0 amide bonds. The Hall–Kier alpha value is -1.42. The molecule has 0 bridgehead atoms. The molecule has 1 heterocycles. The molecule has 102 valence electrons. The second kappa shape index (κ2) is 3.79. The molecule has 0 unspecified atom stereocenters. The van der Waals surface area contributed by atoms with Gasteiger partial charge >= 0.3 is 5.97 Å². The van der Waals surface area contributed by atoms with E-state index < -0.39 is 11.8 Å². The standard InChI is InChI=1S/C14H15ClO4/c1-13(2)18-10-6-8(5-9(15)12(10)19-13)14(3-4-14)7-11(16)17/h5-6H,3-4,7H2,1-2H3,(H,16,17). The Morgan fingerprint density at radius 3 is 2.63 bits per heavy atom. The number of hydrogen-bond donors (Lipinski definition) is 1. The molecule has 1 aliphatic carbocycles. The van der Waals surface area contributed by atoms with Crippen molar-refractivity contribution in [1.82, 2.24) is 0 Å². The molecule has 0 saturated heterocycles. The van der Waals surface area contributed by atoms with E-state index in [2.05, 4.69) is 0 Å². The molecule has 0 spiro atoms. The summed E-state index contributed by atoms with van der Waals surface area (Å²) in [6, 6.07) is 3.67. The highest BCUT2D eigenvalue weighted by molar-refractivity contribution is 6.32. The third-order valence-corrected chi connectivity index (χ3v) is 3.95. The number of rotatable bonds is 3. The number of ether oxygens (including phenoxy) is 2. The first kappa shape index (κ1) is 12.6. The number of fused-ring (bicyclic) bond motifs is 1. The van der Waals surface area contributed by atoms with E-state index in [9.17, 15) is 4.79 Å². The number of aliphatic carboxylic acids is 1. The Morgan fingerprint density at radius 2 is 2.05 bits per heavy atom. The normalized spacial score (nSPS) is 21.2. The van der Waals surface area contributed by atoms with Crippen LogP contribution in [0.2, 0.25) is 5.02 Å². The fourth-order valence-electron chi connectivity index (χ4n) is 2.59. The van der Waals surface area contributed by atoms with Crippen molar-refractivity contribution in [3.8, 4) is 11.5 Å². The number of carboxylic acids is 1. The number of halogens is 1. The van der Waals surface area contributed by atoms with E-state index in [0.29, 0.717) is 16.5 Å². The smallest absolute Gasteiger partial charge is 0.304 e. The van der Waals surface area contributed by atoms with Crippen LogP contribution in [0.1, 0.15) is 38.7 Å². The molecule has 0 radical (unpaired) electrons. The van der Waals surface area contributed by atoms with Crippen molar-refractivity contribution in [2.45, 2.75) is 44.3 Å². The minimum Gasteiger partial charge on any atom is -0.481 e. The molecular weight excluding hydrogens is 268 g/mol. The van der Waals surface area contributed by atoms with E-state index in [1.807, 2.05) is 19.9 Å². The molecule has 0 aromatic heterocycles. The van der Waals surface area contributed by atoms with E-state index in [-0.39, 0.29) is 11.8 Å². The van der Waals surface area contributed by atoms with Gasteiger partial charge in [0.05, 0.1) is 11.4 Å². The lowest BCUT2D eigenvalue weighted by Gasteiger charge is -2.16. The van der Waals surface area contributed by atoms with Crippen LogP contribution in [-0.2, 0) is 10.2 Å². The zero-order valence-corrected chi connectivity index (χ0v) is 11.6. The van der Waals surface area contributed by atoms with Crippen LogP contribution in [-0.4, -0.2) is 16.9 Å². The van der Waals surface area contributed by atoms with Crippen molar-refractivity contribution in [2.24, 2.45) is 0 Å². The Kier molecular flexibility index (Phi) is 2.52. The summed E-state index contributed by atoms with van der Waals surface area (Å²) in [5, 5.41) is 9.49. The monoisotopic (exact) mass is 282 g/mol. The zero-order valence-electron chi connectivity index (χ0n) is 10.8. The Balaban J connectivity index is 1.99. The molecule has 3 rings (SSSR count). The average molecular weight is 283 g/mol. The summed E-state index contributed by atoms with van der Waals surface area (Å²) in [7, 11) is 0. The first-order chi connectivity index (χ1) is 8.81. The average Bonchev–Trinajstić information content (AvgIpc) is 2.95. The van der Waals surface area contributed by atoms with Crippen molar-refractivity contribution in [2.75, 3.05) is 0 Å². The molecule has 1 N–H and O–H groups in total. The van der Waals surface area contributed by atoms with E-state index in [1.54, 1.807) is 6.07 Å². The Bertz CT molecular complexity index is 561. The van der Waals surface area contributed by atoms with Crippen LogP contribution < -0.4 is 9.47 Å². The molecule has 4 nitrogen and oxygen atoms in total. The van der Waals surface area contributed by atoms with Gasteiger partial charge in [-0.2, -0.15) is 0 Å². The van der Waals surface area contributed by atoms with Gasteiger partial charge < -0.3 is 14.6 Å². The largest absolute Gasteiger partial charge is 0.481 e. The van der Waals surface area contributed by atoms with E-state index in [0.717, 1.165) is 18.4 Å². The number of hydrogen-bond acceptors (Lipinski definition) is 3. The number of carboxylic acid groups (broad SMARTS) is 1. The molecule has 19 heavy (non-hydrogen) atoms. The fraction of sp³-hybridized carbons (Fsp3) is 0.500. The highest BCUT2D eigenvalue weighted by atomic mass is 35.5. The van der Waals surface area contributed by atoms with Crippen molar-refractivity contribution in [3.63, 3.8) is 0 Å². The highest BCUT2D eigenvalue weighted by Gasteiger charge is 2.47. The van der Waals surface area contributed by atoms with E-state index in [4.69, 9.17) is 26.2 Å². The molecule has 1 aromatic carbocycles. The molecule has 1 aliphatic heterocycles. The van der Waals surface area contributed by atoms with Gasteiger partial charge in [0.15, 0.2) is 11.5 Å². The summed E-state index contributed by atoms with van der Waals surface area (Å²) in [4.78, 5) is 11.0. The molecule has 1 saturated carbocycles. The molecule has 1 fully saturated rings. The maximum absolute atomic E-state index is 11.0. The molecule has 5 heteroatoms. The van der Waals surface area contributed by atoms with Crippen LogP contribution in [0.4, 0.5) is 0 Å². The lowest BCUT2D eigenvalue weighted by Crippen LogP contribution is -2.29. The second-order valence-corrected chi connectivity index (χ2v) is 6.15. The first-order valence-corrected chi connectivity index (χ1v) is 6.63. The Morgan fingerprint density at radius 1 is 1.37 bits per heavy atom. The number of carbonyl (C=O) groups is 1. The minimum absolute atomic E-state index is 0.131. The lowest BCUT2D eigenvalue weighted by molar-refractivity contribution is -0.137. The molecule has 0 atom stereocenters. The van der Waals surface area contributed by atoms with Gasteiger partial charge in [0.25, 0.3) is 0 Å². The van der Waals surface area contributed by atoms with Gasteiger partial charge in [0.1, 0.15) is 0 Å². The van der Waals surface area contributed by atoms with Crippen molar-refractivity contribution in [3.05, 3.63) is 22.7 Å². The van der Waals surface area contributed by atoms with Crippen LogP contribution in [0.5, 0.6) is 11.5 Å². The van der Waals surface area contributed by atoms with Crippen molar-refractivity contribution < 1.29 is 19.4 Å². The molecule has 2 aliphatic rings. The van der Waals surface area contributed by atoms with Gasteiger partial charge in [0, 0.05) is 19.3 Å². The van der Waals surface area contributed by atoms with Crippen LogP contribution >= 0.6 is 11.6 Å². The minimum atomic E-state index is -0.786. The number of benzene rings is 1. The quantitative estimate of drug-likeness (QED) is 0.924. The predicted molar refractivity (Wildman–Crippen MR) is 70.0 cm³/mol. The predicted octanol–water partition coefficient (Wildman–Crippen LogP) is 3.35. The maximum atomic E-state index is 11.0. The van der Waals surface area contributed by atoms with Gasteiger partial charge in [0.2, 0.25) is 5.79 Å². The summed E-state index contributed by atoms with van der Waals surface area (Å²) < 4.78 is 11.3. The van der Waals surface area contributed by atoms with Crippen LogP contribution in [0, 0.1) is 0 Å². The third kappa shape index (κ3) is 2.14. The van der Waals surface area contributed by atoms with Gasteiger partial charge in [-0.25, -0.2) is 0 Å². The van der Waals surface area contributed by atoms with Gasteiger partial charge in [-0.3, -0.25) is 4.79 Å².